The molecular weight excluding hydrogens is 482 g/mol. The van der Waals surface area contributed by atoms with Gasteiger partial charge in [0.15, 0.2) is 18.5 Å². The number of rotatable bonds is 9. The molecule has 16 nitrogen and oxygen atoms in total. The second-order valence-corrected chi connectivity index (χ2v) is 9.48. The lowest BCUT2D eigenvalue weighted by Gasteiger charge is -2.48. The molecule has 2 unspecified atom stereocenters. The van der Waals surface area contributed by atoms with E-state index in [9.17, 15) is 25.5 Å². The second-order valence-electron chi connectivity index (χ2n) is 9.48. The van der Waals surface area contributed by atoms with Crippen LogP contribution in [0.3, 0.4) is 0 Å². The van der Waals surface area contributed by atoms with Crippen LogP contribution < -0.4 is 28.7 Å². The smallest absolute Gasteiger partial charge is 0.185 e. The highest BCUT2D eigenvalue weighted by Gasteiger charge is 2.50. The van der Waals surface area contributed by atoms with Crippen LogP contribution in [-0.4, -0.2) is 149 Å². The Hall–Kier alpha value is -1.25. The van der Waals surface area contributed by atoms with Gasteiger partial charge in [0.05, 0.1) is 38.0 Å². The van der Waals surface area contributed by atoms with Crippen LogP contribution in [0.5, 0.6) is 0 Å². The Bertz CT molecular complexity index is 719. The average molecular weight is 524 g/mol. The molecule has 15 N–H and O–H groups in total. The number of nitrogens with two attached hydrogens (primary N) is 5. The molecule has 2 heterocycles. The first-order chi connectivity index (χ1) is 17.0. The molecule has 3 aliphatic rings. The van der Waals surface area contributed by atoms with Crippen molar-refractivity contribution < 1.29 is 44.5 Å². The number of hydrogen-bond acceptors (Lipinski definition) is 14. The van der Waals surface area contributed by atoms with Crippen molar-refractivity contribution in [3.63, 3.8) is 0 Å². The topological polar surface area (TPSA) is 284 Å². The fourth-order valence-corrected chi connectivity index (χ4v) is 4.71. The molecule has 0 spiro atoms. The van der Waals surface area contributed by atoms with Gasteiger partial charge < -0.3 is 73.1 Å². The Labute approximate surface area is 208 Å². The molecule has 0 amide bonds. The van der Waals surface area contributed by atoms with E-state index in [4.69, 9.17) is 47.6 Å². The van der Waals surface area contributed by atoms with Gasteiger partial charge in [-0.05, 0) is 6.42 Å². The molecule has 3 rings (SSSR count). The van der Waals surface area contributed by atoms with Crippen molar-refractivity contribution in [1.29, 1.82) is 0 Å². The first-order valence-corrected chi connectivity index (χ1v) is 12.0. The van der Waals surface area contributed by atoms with Crippen molar-refractivity contribution in [2.75, 3.05) is 39.4 Å². The summed E-state index contributed by atoms with van der Waals surface area (Å²) in [6, 6.07) is -2.60. The summed E-state index contributed by atoms with van der Waals surface area (Å²) in [6.45, 7) is 0.639. The van der Waals surface area contributed by atoms with Crippen molar-refractivity contribution in [3.05, 3.63) is 0 Å². The van der Waals surface area contributed by atoms with Crippen molar-refractivity contribution in [2.45, 2.75) is 79.9 Å². The summed E-state index contributed by atoms with van der Waals surface area (Å²) < 4.78 is 23.5. The molecule has 12 atom stereocenters. The van der Waals surface area contributed by atoms with Crippen LogP contribution >= 0.6 is 0 Å². The molecule has 2 saturated heterocycles. The fourth-order valence-electron chi connectivity index (χ4n) is 4.71. The quantitative estimate of drug-likeness (QED) is 0.0992. The summed E-state index contributed by atoms with van der Waals surface area (Å²) in [5.41, 5.74) is 29.2. The number of aliphatic hydroxyl groups excluding tert-OH is 5. The summed E-state index contributed by atoms with van der Waals surface area (Å²) >= 11 is 0. The van der Waals surface area contributed by atoms with E-state index in [1.165, 1.54) is 0 Å². The maximum absolute atomic E-state index is 10.9. The first-order valence-electron chi connectivity index (χ1n) is 12.0. The molecule has 36 heavy (non-hydrogen) atoms. The zero-order chi connectivity index (χ0) is 26.6. The van der Waals surface area contributed by atoms with Crippen molar-refractivity contribution in [2.24, 2.45) is 33.7 Å². The van der Waals surface area contributed by atoms with Crippen LogP contribution in [0, 0.1) is 0 Å². The third kappa shape index (κ3) is 6.98. The Balaban J connectivity index is 1.74. The lowest BCUT2D eigenvalue weighted by molar-refractivity contribution is -0.315. The lowest BCUT2D eigenvalue weighted by Crippen LogP contribution is -2.68. The number of morpholine rings is 1. The van der Waals surface area contributed by atoms with Crippen molar-refractivity contribution in [3.8, 4) is 0 Å². The molecule has 16 heteroatoms. The Morgan fingerprint density at radius 3 is 2.25 bits per heavy atom. The Morgan fingerprint density at radius 2 is 1.61 bits per heavy atom. The van der Waals surface area contributed by atoms with E-state index in [1.54, 1.807) is 0 Å². The van der Waals surface area contributed by atoms with E-state index in [0.717, 1.165) is 0 Å². The number of aliphatic hydroxyl groups is 5. The minimum atomic E-state index is -1.43. The Kier molecular flexibility index (Phi) is 10.6. The van der Waals surface area contributed by atoms with Gasteiger partial charge >= 0.3 is 0 Å². The monoisotopic (exact) mass is 523 g/mol. The molecule has 210 valence electrons. The van der Waals surface area contributed by atoms with Gasteiger partial charge in [-0.15, -0.1) is 0 Å². The zero-order valence-corrected chi connectivity index (χ0v) is 20.0. The van der Waals surface area contributed by atoms with Gasteiger partial charge in [-0.3, -0.25) is 9.89 Å². The third-order valence-electron chi connectivity index (χ3n) is 6.72. The molecule has 0 aromatic carbocycles. The minimum absolute atomic E-state index is 0.0349. The largest absolute Gasteiger partial charge is 0.394 e. The van der Waals surface area contributed by atoms with Gasteiger partial charge in [-0.1, -0.05) is 0 Å². The van der Waals surface area contributed by atoms with E-state index in [0.29, 0.717) is 19.6 Å². The van der Waals surface area contributed by atoms with Crippen LogP contribution in [0.1, 0.15) is 6.42 Å². The highest BCUT2D eigenvalue weighted by Crippen LogP contribution is 2.30. The standard InChI is InChI=1S/C20H41N7O9/c21-9-3-10(22)17(36-19-13(23)16(32)15(31)11(7-29)34-19)18(14(9)30)35-12-5-27(2-1-26-20(24)25)4-8(6-28)33-12/h8-19,28-32H,1-7,21-23H2,(H4,24,25,26)/t8?,9-,10+,11-,12?,13-,14+,15-,16-,17-,18-,19-/m1/s1. The Morgan fingerprint density at radius 1 is 0.889 bits per heavy atom. The van der Waals surface area contributed by atoms with E-state index in [1.807, 2.05) is 4.90 Å². The molecule has 0 aromatic heterocycles. The highest BCUT2D eigenvalue weighted by atomic mass is 16.7. The molecule has 1 saturated carbocycles. The van der Waals surface area contributed by atoms with Crippen LogP contribution in [0.2, 0.25) is 0 Å². The van der Waals surface area contributed by atoms with E-state index in [-0.39, 0.29) is 25.5 Å². The number of ether oxygens (including phenoxy) is 4. The average Bonchev–Trinajstić information content (AvgIpc) is 2.84. The highest BCUT2D eigenvalue weighted by molar-refractivity contribution is 5.75. The fraction of sp³-hybridized carbons (Fsp3) is 0.950. The normalized spacial score (nSPS) is 44.3. The van der Waals surface area contributed by atoms with Gasteiger partial charge in [0.1, 0.15) is 30.5 Å². The molecule has 0 bridgehead atoms. The molecule has 2 aliphatic heterocycles. The predicted octanol–water partition coefficient (Wildman–Crippen LogP) is -6.77. The van der Waals surface area contributed by atoms with Crippen LogP contribution in [-0.2, 0) is 18.9 Å². The SMILES string of the molecule is NC(N)=NCCN1CC(CO)OC(O[C@@H]2[C@@H](O)[C@H](N)C[C@H](N)[C@H]2O[C@H]2O[C@H](CO)[C@@H](O)[C@H](O)[C@H]2N)C1. The number of guanidine groups is 1. The first kappa shape index (κ1) is 29.3. The van der Waals surface area contributed by atoms with Crippen molar-refractivity contribution >= 4 is 5.96 Å². The third-order valence-corrected chi connectivity index (χ3v) is 6.72. The lowest BCUT2D eigenvalue weighted by atomic mass is 9.84. The van der Waals surface area contributed by atoms with Crippen molar-refractivity contribution in [1.82, 2.24) is 4.90 Å². The number of hydrogen-bond donors (Lipinski definition) is 10. The van der Waals surface area contributed by atoms with Gasteiger partial charge in [0, 0.05) is 31.7 Å². The second kappa shape index (κ2) is 13.0. The maximum Gasteiger partial charge on any atom is 0.185 e. The van der Waals surface area contributed by atoms with Crippen LogP contribution in [0.15, 0.2) is 4.99 Å². The molecule has 0 aromatic rings. The van der Waals surface area contributed by atoms with Gasteiger partial charge in [0.25, 0.3) is 0 Å². The zero-order valence-electron chi connectivity index (χ0n) is 20.0. The predicted molar refractivity (Wildman–Crippen MR) is 125 cm³/mol. The summed E-state index contributed by atoms with van der Waals surface area (Å²) in [7, 11) is 0. The van der Waals surface area contributed by atoms with E-state index < -0.39 is 80.0 Å². The summed E-state index contributed by atoms with van der Waals surface area (Å²) in [6.07, 6.45) is -9.79. The molecule has 3 fully saturated rings. The summed E-state index contributed by atoms with van der Waals surface area (Å²) in [5.74, 6) is -0.0349. The number of aliphatic imine (C=N–C) groups is 1. The summed E-state index contributed by atoms with van der Waals surface area (Å²) in [5, 5.41) is 50.4. The molecule has 0 radical (unpaired) electrons. The minimum Gasteiger partial charge on any atom is -0.394 e. The number of nitrogens with zero attached hydrogens (tertiary/aromatic N) is 2. The van der Waals surface area contributed by atoms with Crippen LogP contribution in [0.25, 0.3) is 0 Å². The van der Waals surface area contributed by atoms with Crippen LogP contribution in [0.4, 0.5) is 0 Å². The molecule has 1 aliphatic carbocycles. The summed E-state index contributed by atoms with van der Waals surface area (Å²) in [4.78, 5) is 5.90. The van der Waals surface area contributed by atoms with E-state index >= 15 is 0 Å². The van der Waals surface area contributed by atoms with Gasteiger partial charge in [-0.2, -0.15) is 0 Å². The molecular formula is C20H41N7O9. The maximum atomic E-state index is 10.9. The van der Waals surface area contributed by atoms with Gasteiger partial charge in [-0.25, -0.2) is 0 Å². The van der Waals surface area contributed by atoms with Gasteiger partial charge in [0.2, 0.25) is 0 Å². The van der Waals surface area contributed by atoms with E-state index in [2.05, 4.69) is 4.99 Å².